The van der Waals surface area contributed by atoms with Crippen LogP contribution in [0.5, 0.6) is 0 Å². The summed E-state index contributed by atoms with van der Waals surface area (Å²) in [6.45, 7) is 0. The highest BCUT2D eigenvalue weighted by molar-refractivity contribution is 6.40. The molecule has 0 saturated heterocycles. The zero-order valence-corrected chi connectivity index (χ0v) is 27.3. The molecule has 7 rings (SSSR count). The fourth-order valence-electron chi connectivity index (χ4n) is 6.07. The molecule has 0 fully saturated rings. The molecule has 0 aliphatic carbocycles. The van der Waals surface area contributed by atoms with E-state index in [9.17, 15) is 0 Å². The van der Waals surface area contributed by atoms with Gasteiger partial charge < -0.3 is 0 Å². The predicted octanol–water partition coefficient (Wildman–Crippen LogP) is 10.3. The van der Waals surface area contributed by atoms with E-state index in [1.54, 1.807) is 0 Å². The lowest BCUT2D eigenvalue weighted by molar-refractivity contribution is 1.55. The highest BCUT2D eigenvalue weighted by atomic mass is 35.5. The standard InChI is InChI=1S/C42H31ClSi/c43-39-21-22-40(44)42(38-27-35(31-17-9-3-10-18-31)24-36(28-38)32-19-11-4-12-20-32)41(39)37-25-33(29-13-5-1-6-14-29)23-34(26-37)30-15-7-2-8-16-30/h1-28H,44H3. The van der Waals surface area contributed by atoms with Crippen LogP contribution in [-0.4, -0.2) is 10.2 Å². The van der Waals surface area contributed by atoms with E-state index in [0.29, 0.717) is 0 Å². The van der Waals surface area contributed by atoms with Crippen LogP contribution in [0, 0.1) is 0 Å². The maximum absolute atomic E-state index is 7.21. The quantitative estimate of drug-likeness (QED) is 0.167. The number of benzene rings is 7. The second-order valence-corrected chi connectivity index (χ2v) is 12.7. The smallest absolute Gasteiger partial charge is 0.0490 e. The molecule has 0 nitrogen and oxygen atoms in total. The van der Waals surface area contributed by atoms with Gasteiger partial charge in [0.25, 0.3) is 0 Å². The number of rotatable bonds is 6. The van der Waals surface area contributed by atoms with Crippen LogP contribution in [-0.2, 0) is 0 Å². The van der Waals surface area contributed by atoms with Crippen molar-refractivity contribution >= 4 is 27.0 Å². The summed E-state index contributed by atoms with van der Waals surface area (Å²) in [5, 5.41) is 2.08. The molecular weight excluding hydrogens is 568 g/mol. The van der Waals surface area contributed by atoms with Gasteiger partial charge in [-0.1, -0.05) is 144 Å². The molecule has 0 heterocycles. The highest BCUT2D eigenvalue weighted by Gasteiger charge is 2.18. The lowest BCUT2D eigenvalue weighted by Gasteiger charge is -2.19. The van der Waals surface area contributed by atoms with Crippen LogP contribution in [0.15, 0.2) is 170 Å². The van der Waals surface area contributed by atoms with Gasteiger partial charge in [0.1, 0.15) is 0 Å². The van der Waals surface area contributed by atoms with Gasteiger partial charge in [-0.25, -0.2) is 0 Å². The second kappa shape index (κ2) is 12.3. The zero-order chi connectivity index (χ0) is 29.9. The van der Waals surface area contributed by atoms with Gasteiger partial charge in [0.15, 0.2) is 0 Å². The Morgan fingerprint density at radius 1 is 0.295 bits per heavy atom. The molecule has 0 bridgehead atoms. The summed E-state index contributed by atoms with van der Waals surface area (Å²) < 4.78 is 0. The van der Waals surface area contributed by atoms with Crippen LogP contribution in [0.1, 0.15) is 0 Å². The van der Waals surface area contributed by atoms with Gasteiger partial charge in [0.2, 0.25) is 0 Å². The van der Waals surface area contributed by atoms with Crippen molar-refractivity contribution < 1.29 is 0 Å². The summed E-state index contributed by atoms with van der Waals surface area (Å²) >= 11 is 7.21. The minimum atomic E-state index is 0.759. The molecule has 210 valence electrons. The first kappa shape index (κ1) is 27.9. The molecule has 0 spiro atoms. The highest BCUT2D eigenvalue weighted by Crippen LogP contribution is 2.42. The second-order valence-electron chi connectivity index (χ2n) is 11.2. The molecule has 0 saturated carbocycles. The van der Waals surface area contributed by atoms with Crippen molar-refractivity contribution in [1.82, 2.24) is 0 Å². The number of halogens is 1. The minimum Gasteiger partial charge on any atom is -0.0836 e. The van der Waals surface area contributed by atoms with E-state index in [-0.39, 0.29) is 0 Å². The molecule has 0 amide bonds. The van der Waals surface area contributed by atoms with Crippen molar-refractivity contribution in [3.63, 3.8) is 0 Å². The third kappa shape index (κ3) is 5.68. The maximum atomic E-state index is 7.21. The Hall–Kier alpha value is -4.95. The molecule has 0 radical (unpaired) electrons. The summed E-state index contributed by atoms with van der Waals surface area (Å²) in [6, 6.07) is 60.6. The predicted molar refractivity (Wildman–Crippen MR) is 194 cm³/mol. The first-order valence-electron chi connectivity index (χ1n) is 15.0. The van der Waals surface area contributed by atoms with Crippen molar-refractivity contribution in [2.45, 2.75) is 0 Å². The topological polar surface area (TPSA) is 0 Å². The normalized spacial score (nSPS) is 11.0. The molecule has 7 aromatic carbocycles. The van der Waals surface area contributed by atoms with Crippen molar-refractivity contribution in [3.05, 3.63) is 175 Å². The van der Waals surface area contributed by atoms with Crippen molar-refractivity contribution in [2.75, 3.05) is 0 Å². The maximum Gasteiger partial charge on any atom is 0.0490 e. The molecule has 2 heteroatoms. The third-order valence-corrected chi connectivity index (χ3v) is 9.38. The van der Waals surface area contributed by atoms with Crippen LogP contribution in [0.4, 0.5) is 0 Å². The lowest BCUT2D eigenvalue weighted by atomic mass is 9.87. The monoisotopic (exact) mass is 598 g/mol. The third-order valence-electron chi connectivity index (χ3n) is 8.23. The van der Waals surface area contributed by atoms with Gasteiger partial charge in [0, 0.05) is 20.8 Å². The van der Waals surface area contributed by atoms with Crippen LogP contribution in [0.2, 0.25) is 5.02 Å². The Morgan fingerprint density at radius 2 is 0.591 bits per heavy atom. The Bertz CT molecular complexity index is 1780. The lowest BCUT2D eigenvalue weighted by Crippen LogP contribution is -2.09. The largest absolute Gasteiger partial charge is 0.0836 e. The molecule has 0 unspecified atom stereocenters. The van der Waals surface area contributed by atoms with E-state index < -0.39 is 0 Å². The summed E-state index contributed by atoms with van der Waals surface area (Å²) in [6.07, 6.45) is 0. The summed E-state index contributed by atoms with van der Waals surface area (Å²) in [5.74, 6) is 0. The Kier molecular flexibility index (Phi) is 7.81. The molecule has 0 aromatic heterocycles. The van der Waals surface area contributed by atoms with Crippen molar-refractivity contribution in [2.24, 2.45) is 0 Å². The van der Waals surface area contributed by atoms with Gasteiger partial charge in [0.05, 0.1) is 0 Å². The first-order chi connectivity index (χ1) is 21.6. The molecule has 0 N–H and O–H groups in total. The van der Waals surface area contributed by atoms with E-state index in [1.807, 2.05) is 0 Å². The van der Waals surface area contributed by atoms with E-state index in [1.165, 1.54) is 60.8 Å². The van der Waals surface area contributed by atoms with Crippen LogP contribution >= 0.6 is 11.6 Å². The average molecular weight is 599 g/mol. The fourth-order valence-corrected chi connectivity index (χ4v) is 7.04. The van der Waals surface area contributed by atoms with E-state index in [2.05, 4.69) is 170 Å². The number of hydrogen-bond acceptors (Lipinski definition) is 0. The van der Waals surface area contributed by atoms with Crippen molar-refractivity contribution in [3.8, 4) is 66.8 Å². The van der Waals surface area contributed by atoms with Gasteiger partial charge in [-0.3, -0.25) is 0 Å². The van der Waals surface area contributed by atoms with Gasteiger partial charge in [-0.2, -0.15) is 0 Å². The molecular formula is C42H31ClSi. The van der Waals surface area contributed by atoms with Crippen LogP contribution in [0.3, 0.4) is 0 Å². The molecule has 0 aliphatic heterocycles. The minimum absolute atomic E-state index is 0.759. The van der Waals surface area contributed by atoms with Gasteiger partial charge in [-0.05, 0) is 104 Å². The van der Waals surface area contributed by atoms with E-state index >= 15 is 0 Å². The Morgan fingerprint density at radius 3 is 0.932 bits per heavy atom. The Balaban J connectivity index is 1.50. The SMILES string of the molecule is [SiH3]c1ccc(Cl)c(-c2cc(-c3ccccc3)cc(-c3ccccc3)c2)c1-c1cc(-c2ccccc2)cc(-c2ccccc2)c1. The summed E-state index contributed by atoms with van der Waals surface area (Å²) in [7, 11) is 0.883. The van der Waals surface area contributed by atoms with Crippen molar-refractivity contribution in [1.29, 1.82) is 0 Å². The van der Waals surface area contributed by atoms with Gasteiger partial charge in [-0.15, -0.1) is 0 Å². The van der Waals surface area contributed by atoms with E-state index in [0.717, 1.165) is 26.4 Å². The fraction of sp³-hybridized carbons (Fsp3) is 0. The van der Waals surface area contributed by atoms with Crippen LogP contribution in [0.25, 0.3) is 66.8 Å². The average Bonchev–Trinajstić information content (AvgIpc) is 3.10. The van der Waals surface area contributed by atoms with Gasteiger partial charge >= 0.3 is 0 Å². The molecule has 0 aliphatic rings. The molecule has 44 heavy (non-hydrogen) atoms. The summed E-state index contributed by atoms with van der Waals surface area (Å²) in [4.78, 5) is 0. The first-order valence-corrected chi connectivity index (χ1v) is 16.3. The molecule has 7 aromatic rings. The Labute approximate surface area is 267 Å². The molecule has 0 atom stereocenters. The van der Waals surface area contributed by atoms with Crippen LogP contribution < -0.4 is 5.19 Å². The zero-order valence-electron chi connectivity index (χ0n) is 24.5. The van der Waals surface area contributed by atoms with E-state index in [4.69, 9.17) is 11.6 Å². The number of hydrogen-bond donors (Lipinski definition) is 0. The summed E-state index contributed by atoms with van der Waals surface area (Å²) in [5.41, 5.74) is 14.1.